The van der Waals surface area contributed by atoms with E-state index in [0.29, 0.717) is 13.0 Å². The van der Waals surface area contributed by atoms with Gasteiger partial charge in [0.1, 0.15) is 0 Å². The normalized spacial score (nSPS) is 19.5. The monoisotopic (exact) mass is 356 g/mol. The second-order valence-corrected chi connectivity index (χ2v) is 5.82. The molecule has 3 nitrogen and oxygen atoms in total. The Morgan fingerprint density at radius 2 is 2.00 bits per heavy atom. The highest BCUT2D eigenvalue weighted by molar-refractivity contribution is 9.11. The van der Waals surface area contributed by atoms with Crippen molar-refractivity contribution in [3.63, 3.8) is 0 Å². The Hall–Kier alpha value is -0.860. The first-order valence-corrected chi connectivity index (χ1v) is 6.77. The molecular weight excluding hydrogens is 348 g/mol. The fourth-order valence-corrected chi connectivity index (χ4v) is 3.80. The van der Waals surface area contributed by atoms with Crippen molar-refractivity contribution in [2.45, 2.75) is 13.3 Å². The number of hydrogen-bond donors (Lipinski definition) is 0. The molecule has 1 aromatic carbocycles. The molecule has 1 unspecified atom stereocenters. The van der Waals surface area contributed by atoms with E-state index in [9.17, 15) is 4.79 Å². The van der Waals surface area contributed by atoms with Crippen LogP contribution < -0.4 is 4.90 Å². The van der Waals surface area contributed by atoms with E-state index in [2.05, 4.69) is 37.9 Å². The van der Waals surface area contributed by atoms with Crippen LogP contribution in [0.4, 0.5) is 5.69 Å². The van der Waals surface area contributed by atoms with Crippen LogP contribution in [0.1, 0.15) is 12.0 Å². The summed E-state index contributed by atoms with van der Waals surface area (Å²) in [6, 6.07) is 6.08. The minimum atomic E-state index is -0.206. The summed E-state index contributed by atoms with van der Waals surface area (Å²) in [6.07, 6.45) is 0.309. The summed E-state index contributed by atoms with van der Waals surface area (Å²) in [7, 11) is 0. The van der Waals surface area contributed by atoms with E-state index in [4.69, 9.17) is 5.26 Å². The van der Waals surface area contributed by atoms with Gasteiger partial charge in [0, 0.05) is 21.9 Å². The highest BCUT2D eigenvalue weighted by Gasteiger charge is 2.32. The Labute approximate surface area is 117 Å². The van der Waals surface area contributed by atoms with Gasteiger partial charge in [0.15, 0.2) is 0 Å². The van der Waals surface area contributed by atoms with E-state index >= 15 is 0 Å². The molecule has 1 aliphatic heterocycles. The number of nitrogens with zero attached hydrogens (tertiary/aromatic N) is 2. The summed E-state index contributed by atoms with van der Waals surface area (Å²) in [4.78, 5) is 13.5. The lowest BCUT2D eigenvalue weighted by Crippen LogP contribution is -2.25. The third kappa shape index (κ3) is 2.38. The van der Waals surface area contributed by atoms with Crippen LogP contribution in [0.5, 0.6) is 0 Å². The van der Waals surface area contributed by atoms with E-state index < -0.39 is 0 Å². The molecule has 1 saturated heterocycles. The molecule has 0 saturated carbocycles. The van der Waals surface area contributed by atoms with E-state index in [0.717, 1.165) is 20.2 Å². The van der Waals surface area contributed by atoms with Gasteiger partial charge in [-0.25, -0.2) is 0 Å². The Bertz CT molecular complexity index is 499. The quantitative estimate of drug-likeness (QED) is 0.773. The summed E-state index contributed by atoms with van der Waals surface area (Å²) in [5.74, 6) is -0.204. The Balaban J connectivity index is 2.42. The fraction of sp³-hybridized carbons (Fsp3) is 0.333. The topological polar surface area (TPSA) is 44.1 Å². The second-order valence-electron chi connectivity index (χ2n) is 4.11. The van der Waals surface area contributed by atoms with Gasteiger partial charge in [-0.05, 0) is 56.5 Å². The van der Waals surface area contributed by atoms with Crippen molar-refractivity contribution in [3.8, 4) is 6.07 Å². The number of carbonyl (C=O) groups is 1. The fourth-order valence-electron chi connectivity index (χ4n) is 1.96. The van der Waals surface area contributed by atoms with Crippen molar-refractivity contribution in [2.24, 2.45) is 5.92 Å². The zero-order chi connectivity index (χ0) is 12.6. The van der Waals surface area contributed by atoms with Crippen molar-refractivity contribution < 1.29 is 4.79 Å². The molecule has 0 N–H and O–H groups in total. The molecule has 1 fully saturated rings. The van der Waals surface area contributed by atoms with Gasteiger partial charge in [-0.3, -0.25) is 4.79 Å². The average Bonchev–Trinajstić information content (AvgIpc) is 2.59. The highest BCUT2D eigenvalue weighted by atomic mass is 79.9. The summed E-state index contributed by atoms with van der Waals surface area (Å²) in [5, 5.41) is 8.88. The highest BCUT2D eigenvalue weighted by Crippen LogP contribution is 2.38. The summed E-state index contributed by atoms with van der Waals surface area (Å²) < 4.78 is 1.74. The van der Waals surface area contributed by atoms with Crippen LogP contribution in [-0.4, -0.2) is 12.5 Å². The molecule has 1 amide bonds. The number of amides is 1. The van der Waals surface area contributed by atoms with Gasteiger partial charge in [0.2, 0.25) is 5.91 Å². The Morgan fingerprint density at radius 1 is 1.41 bits per heavy atom. The van der Waals surface area contributed by atoms with Gasteiger partial charge >= 0.3 is 0 Å². The third-order valence-corrected chi connectivity index (χ3v) is 3.95. The maximum atomic E-state index is 11.9. The van der Waals surface area contributed by atoms with Gasteiger partial charge < -0.3 is 4.90 Å². The molecule has 0 radical (unpaired) electrons. The summed E-state index contributed by atoms with van der Waals surface area (Å²) >= 11 is 6.94. The number of aryl methyl sites for hydroxylation is 1. The molecule has 88 valence electrons. The van der Waals surface area contributed by atoms with Gasteiger partial charge in [-0.2, -0.15) is 5.26 Å². The number of halogens is 2. The van der Waals surface area contributed by atoms with Crippen molar-refractivity contribution >= 4 is 43.5 Å². The van der Waals surface area contributed by atoms with Crippen molar-refractivity contribution in [1.82, 2.24) is 0 Å². The second kappa shape index (κ2) is 4.79. The molecule has 1 aromatic rings. The van der Waals surface area contributed by atoms with Gasteiger partial charge in [-0.15, -0.1) is 0 Å². The number of nitriles is 1. The van der Waals surface area contributed by atoms with E-state index in [1.807, 2.05) is 19.1 Å². The first-order chi connectivity index (χ1) is 8.02. The van der Waals surface area contributed by atoms with Gasteiger partial charge in [0.05, 0.1) is 17.7 Å². The lowest BCUT2D eigenvalue weighted by atomic mass is 10.1. The van der Waals surface area contributed by atoms with Crippen LogP contribution in [0.3, 0.4) is 0 Å². The predicted molar refractivity (Wildman–Crippen MR) is 72.7 cm³/mol. The average molecular weight is 358 g/mol. The van der Waals surface area contributed by atoms with Crippen LogP contribution >= 0.6 is 31.9 Å². The largest absolute Gasteiger partial charge is 0.309 e. The summed E-state index contributed by atoms with van der Waals surface area (Å²) in [5.41, 5.74) is 1.93. The number of anilines is 1. The van der Waals surface area contributed by atoms with Crippen LogP contribution in [0.2, 0.25) is 0 Å². The zero-order valence-electron chi connectivity index (χ0n) is 9.20. The SMILES string of the molecule is Cc1cc(Br)c(N2CC(C#N)CC2=O)c(Br)c1. The lowest BCUT2D eigenvalue weighted by molar-refractivity contribution is -0.117. The standard InChI is InChI=1S/C12H10Br2N2O/c1-7-2-9(13)12(10(14)3-7)16-6-8(5-15)4-11(16)17/h2-3,8H,4,6H2,1H3. The number of benzene rings is 1. The molecule has 0 aliphatic carbocycles. The van der Waals surface area contributed by atoms with Crippen molar-refractivity contribution in [3.05, 3.63) is 26.6 Å². The predicted octanol–water partition coefficient (Wildman–Crippen LogP) is 3.40. The maximum absolute atomic E-state index is 11.9. The molecule has 0 spiro atoms. The first kappa shape index (κ1) is 12.6. The Kier molecular flexibility index (Phi) is 3.55. The molecule has 17 heavy (non-hydrogen) atoms. The third-order valence-electron chi connectivity index (χ3n) is 2.74. The molecule has 1 atom stereocenters. The van der Waals surface area contributed by atoms with Crippen molar-refractivity contribution in [2.75, 3.05) is 11.4 Å². The van der Waals surface area contributed by atoms with E-state index in [1.165, 1.54) is 0 Å². The molecule has 1 heterocycles. The minimum Gasteiger partial charge on any atom is -0.309 e. The first-order valence-electron chi connectivity index (χ1n) is 5.18. The minimum absolute atomic E-state index is 0.00167. The molecule has 0 aromatic heterocycles. The molecule has 1 aliphatic rings. The number of rotatable bonds is 1. The zero-order valence-corrected chi connectivity index (χ0v) is 12.4. The van der Waals surface area contributed by atoms with Gasteiger partial charge in [-0.1, -0.05) is 0 Å². The summed E-state index contributed by atoms with van der Waals surface area (Å²) in [6.45, 7) is 2.46. The number of hydrogen-bond acceptors (Lipinski definition) is 2. The maximum Gasteiger partial charge on any atom is 0.228 e. The molecule has 0 bridgehead atoms. The number of carbonyl (C=O) groups excluding carboxylic acids is 1. The Morgan fingerprint density at radius 3 is 2.47 bits per heavy atom. The van der Waals surface area contributed by atoms with E-state index in [1.54, 1.807) is 4.90 Å². The van der Waals surface area contributed by atoms with Crippen LogP contribution in [0.25, 0.3) is 0 Å². The van der Waals surface area contributed by atoms with Crippen LogP contribution in [0.15, 0.2) is 21.1 Å². The smallest absolute Gasteiger partial charge is 0.228 e. The van der Waals surface area contributed by atoms with Crippen LogP contribution in [0, 0.1) is 24.2 Å². The van der Waals surface area contributed by atoms with Crippen LogP contribution in [-0.2, 0) is 4.79 Å². The lowest BCUT2D eigenvalue weighted by Gasteiger charge is -2.19. The molecule has 5 heteroatoms. The van der Waals surface area contributed by atoms with E-state index in [-0.39, 0.29) is 11.8 Å². The van der Waals surface area contributed by atoms with Gasteiger partial charge in [0.25, 0.3) is 0 Å². The molecule has 2 rings (SSSR count). The van der Waals surface area contributed by atoms with Crippen molar-refractivity contribution in [1.29, 1.82) is 5.26 Å². The molecular formula is C12H10Br2N2O.